The van der Waals surface area contributed by atoms with Crippen molar-refractivity contribution in [3.8, 4) is 11.5 Å². The van der Waals surface area contributed by atoms with E-state index in [1.54, 1.807) is 41.5 Å². The minimum atomic E-state index is -1.93. The molecule has 0 unspecified atom stereocenters. The Morgan fingerprint density at radius 1 is 0.550 bits per heavy atom. The molecule has 0 fully saturated rings. The van der Waals surface area contributed by atoms with Gasteiger partial charge in [0.25, 0.3) is 0 Å². The first kappa shape index (κ1) is 16.6. The van der Waals surface area contributed by atoms with Crippen LogP contribution in [0.25, 0.3) is 0 Å². The molecule has 0 atom stereocenters. The molecule has 0 saturated heterocycles. The molecule has 0 aliphatic heterocycles. The molecule has 2 nitrogen and oxygen atoms in total. The molecule has 20 heavy (non-hydrogen) atoms. The highest BCUT2D eigenvalue weighted by atomic mass is 19.2. The summed E-state index contributed by atoms with van der Waals surface area (Å²) in [7, 11) is 0. The summed E-state index contributed by atoms with van der Waals surface area (Å²) in [5, 5.41) is 0. The number of hydrogen-bond donors (Lipinski definition) is 0. The summed E-state index contributed by atoms with van der Waals surface area (Å²) in [6, 6.07) is 0. The molecule has 0 saturated carbocycles. The maximum atomic E-state index is 13.8. The van der Waals surface area contributed by atoms with Crippen molar-refractivity contribution in [3.63, 3.8) is 0 Å². The fourth-order valence-corrected chi connectivity index (χ4v) is 1.39. The number of rotatable bonds is 2. The average molecular weight is 294 g/mol. The Hall–Kier alpha value is -1.46. The molecular weight excluding hydrogens is 276 g/mol. The number of halogens is 4. The van der Waals surface area contributed by atoms with Crippen LogP contribution in [0.4, 0.5) is 17.6 Å². The van der Waals surface area contributed by atoms with Crippen molar-refractivity contribution >= 4 is 0 Å². The third-order valence-corrected chi connectivity index (χ3v) is 2.00. The van der Waals surface area contributed by atoms with E-state index in [1.807, 2.05) is 0 Å². The van der Waals surface area contributed by atoms with Crippen LogP contribution < -0.4 is 9.47 Å². The Bertz CT molecular complexity index is 467. The second-order valence-corrected chi connectivity index (χ2v) is 6.34. The van der Waals surface area contributed by atoms with Crippen LogP contribution in [0.3, 0.4) is 0 Å². The Morgan fingerprint density at radius 2 is 0.800 bits per heavy atom. The quantitative estimate of drug-likeness (QED) is 0.451. The molecule has 0 spiro atoms. The van der Waals surface area contributed by atoms with Gasteiger partial charge in [-0.15, -0.1) is 0 Å². The second-order valence-electron chi connectivity index (χ2n) is 6.34. The van der Waals surface area contributed by atoms with Crippen LogP contribution in [0.5, 0.6) is 11.5 Å². The van der Waals surface area contributed by atoms with E-state index in [2.05, 4.69) is 0 Å². The van der Waals surface area contributed by atoms with Crippen molar-refractivity contribution in [1.29, 1.82) is 0 Å². The molecule has 0 bridgehead atoms. The third kappa shape index (κ3) is 3.77. The van der Waals surface area contributed by atoms with E-state index in [1.165, 1.54) is 0 Å². The van der Waals surface area contributed by atoms with Crippen LogP contribution in [-0.2, 0) is 0 Å². The zero-order chi connectivity index (χ0) is 15.9. The molecule has 1 rings (SSSR count). The van der Waals surface area contributed by atoms with E-state index in [9.17, 15) is 17.6 Å². The highest BCUT2D eigenvalue weighted by molar-refractivity contribution is 5.44. The van der Waals surface area contributed by atoms with Gasteiger partial charge in [-0.3, -0.25) is 0 Å². The topological polar surface area (TPSA) is 18.5 Å². The molecule has 0 radical (unpaired) electrons. The van der Waals surface area contributed by atoms with Crippen molar-refractivity contribution in [2.24, 2.45) is 0 Å². The minimum absolute atomic E-state index is 0.774. The fraction of sp³-hybridized carbons (Fsp3) is 0.571. The SMILES string of the molecule is CC(C)(C)Oc1c(F)c(F)c(F)c(F)c1OC(C)(C)C. The smallest absolute Gasteiger partial charge is 0.207 e. The van der Waals surface area contributed by atoms with Gasteiger partial charge in [0.2, 0.25) is 34.8 Å². The van der Waals surface area contributed by atoms with Gasteiger partial charge in [0.05, 0.1) is 0 Å². The highest BCUT2D eigenvalue weighted by Crippen LogP contribution is 2.40. The van der Waals surface area contributed by atoms with Gasteiger partial charge >= 0.3 is 0 Å². The van der Waals surface area contributed by atoms with Crippen molar-refractivity contribution in [2.75, 3.05) is 0 Å². The van der Waals surface area contributed by atoms with Crippen molar-refractivity contribution in [2.45, 2.75) is 52.7 Å². The zero-order valence-electron chi connectivity index (χ0n) is 12.3. The van der Waals surface area contributed by atoms with Gasteiger partial charge in [-0.2, -0.15) is 8.78 Å². The standard InChI is InChI=1S/C14H18F4O2/c1-13(2,3)19-11-9(17)7(15)8(16)10(18)12(11)20-14(4,5)6/h1-6H3. The number of benzene rings is 1. The van der Waals surface area contributed by atoms with E-state index in [0.29, 0.717) is 0 Å². The summed E-state index contributed by atoms with van der Waals surface area (Å²) >= 11 is 0. The fourth-order valence-electron chi connectivity index (χ4n) is 1.39. The van der Waals surface area contributed by atoms with E-state index in [0.717, 1.165) is 0 Å². The van der Waals surface area contributed by atoms with Crippen molar-refractivity contribution in [3.05, 3.63) is 23.3 Å². The summed E-state index contributed by atoms with van der Waals surface area (Å²) < 4.78 is 64.6. The minimum Gasteiger partial charge on any atom is -0.481 e. The van der Waals surface area contributed by atoms with E-state index in [-0.39, 0.29) is 0 Å². The Morgan fingerprint density at radius 3 is 1.00 bits per heavy atom. The Balaban J connectivity index is 3.52. The summed E-state index contributed by atoms with van der Waals surface area (Å²) in [6.07, 6.45) is 0. The van der Waals surface area contributed by atoms with Gasteiger partial charge < -0.3 is 9.47 Å². The largest absolute Gasteiger partial charge is 0.481 e. The molecule has 0 amide bonds. The summed E-state index contributed by atoms with van der Waals surface area (Å²) in [4.78, 5) is 0. The number of ether oxygens (including phenoxy) is 2. The first-order valence-electron chi connectivity index (χ1n) is 6.07. The summed E-state index contributed by atoms with van der Waals surface area (Å²) in [5.41, 5.74) is -1.87. The monoisotopic (exact) mass is 294 g/mol. The molecule has 1 aromatic rings. The summed E-state index contributed by atoms with van der Waals surface area (Å²) in [5.74, 6) is -8.63. The van der Waals surface area contributed by atoms with Gasteiger partial charge in [0, 0.05) is 0 Å². The predicted octanol–water partition coefficient (Wildman–Crippen LogP) is 4.60. The third-order valence-electron chi connectivity index (χ3n) is 2.00. The van der Waals surface area contributed by atoms with E-state index < -0.39 is 46.0 Å². The highest BCUT2D eigenvalue weighted by Gasteiger charge is 2.32. The van der Waals surface area contributed by atoms with Crippen LogP contribution in [0.2, 0.25) is 0 Å². The first-order valence-corrected chi connectivity index (χ1v) is 6.07. The van der Waals surface area contributed by atoms with Crippen LogP contribution in [0, 0.1) is 23.3 Å². The molecular formula is C14H18F4O2. The average Bonchev–Trinajstić information content (AvgIpc) is 2.25. The molecule has 6 heteroatoms. The lowest BCUT2D eigenvalue weighted by Crippen LogP contribution is -2.28. The van der Waals surface area contributed by atoms with Gasteiger partial charge in [-0.05, 0) is 41.5 Å². The van der Waals surface area contributed by atoms with Crippen LogP contribution in [0.15, 0.2) is 0 Å². The normalized spacial score (nSPS) is 12.5. The molecule has 1 aromatic carbocycles. The van der Waals surface area contributed by atoms with Crippen molar-refractivity contribution in [1.82, 2.24) is 0 Å². The maximum Gasteiger partial charge on any atom is 0.207 e. The lowest BCUT2D eigenvalue weighted by molar-refractivity contribution is 0.0835. The first-order chi connectivity index (χ1) is 8.83. The predicted molar refractivity (Wildman–Crippen MR) is 67.0 cm³/mol. The molecule has 0 aromatic heterocycles. The van der Waals surface area contributed by atoms with Gasteiger partial charge in [-0.1, -0.05) is 0 Å². The molecule has 0 aliphatic rings. The summed E-state index contributed by atoms with van der Waals surface area (Å²) in [6.45, 7) is 9.37. The van der Waals surface area contributed by atoms with Gasteiger partial charge in [-0.25, -0.2) is 8.78 Å². The van der Waals surface area contributed by atoms with Crippen LogP contribution in [0.1, 0.15) is 41.5 Å². The van der Waals surface area contributed by atoms with Crippen LogP contribution >= 0.6 is 0 Å². The molecule has 0 aliphatic carbocycles. The second kappa shape index (κ2) is 5.14. The zero-order valence-corrected chi connectivity index (χ0v) is 12.3. The van der Waals surface area contributed by atoms with Gasteiger partial charge in [0.1, 0.15) is 11.2 Å². The van der Waals surface area contributed by atoms with Gasteiger partial charge in [0.15, 0.2) is 0 Å². The Kier molecular flexibility index (Phi) is 4.27. The van der Waals surface area contributed by atoms with Crippen LogP contribution in [-0.4, -0.2) is 11.2 Å². The molecule has 0 N–H and O–H groups in total. The lowest BCUT2D eigenvalue weighted by atomic mass is 10.1. The Labute approximate surface area is 115 Å². The molecule has 114 valence electrons. The van der Waals surface area contributed by atoms with E-state index >= 15 is 0 Å². The van der Waals surface area contributed by atoms with Crippen molar-refractivity contribution < 1.29 is 27.0 Å². The van der Waals surface area contributed by atoms with E-state index in [4.69, 9.17) is 9.47 Å². The lowest BCUT2D eigenvalue weighted by Gasteiger charge is -2.27. The molecule has 0 heterocycles. The number of hydrogen-bond acceptors (Lipinski definition) is 2. The maximum absolute atomic E-state index is 13.8.